The van der Waals surface area contributed by atoms with E-state index in [4.69, 9.17) is 9.83 Å². The van der Waals surface area contributed by atoms with E-state index in [1.165, 1.54) is 44.2 Å². The fourth-order valence-electron chi connectivity index (χ4n) is 1.75. The maximum atomic E-state index is 6.22. The van der Waals surface area contributed by atoms with Crippen molar-refractivity contribution < 1.29 is 4.43 Å². The molecular weight excluding hydrogens is 166 g/mol. The van der Waals surface area contributed by atoms with Crippen molar-refractivity contribution in [2.24, 2.45) is 5.40 Å². The van der Waals surface area contributed by atoms with Gasteiger partial charge in [-0.3, -0.25) is 0 Å². The standard InChI is InChI=1S/C9H21NOSi/c1-2-3-5-8-12(10)9-6-4-7-11-12/h2-10H2,1H3. The van der Waals surface area contributed by atoms with Gasteiger partial charge in [-0.15, -0.1) is 0 Å². The second-order valence-electron chi connectivity index (χ2n) is 3.83. The molecule has 0 aromatic carbocycles. The molecule has 3 heteroatoms. The van der Waals surface area contributed by atoms with Crippen LogP contribution < -0.4 is 5.40 Å². The van der Waals surface area contributed by atoms with Crippen molar-refractivity contribution in [1.82, 2.24) is 0 Å². The Morgan fingerprint density at radius 2 is 2.17 bits per heavy atom. The summed E-state index contributed by atoms with van der Waals surface area (Å²) in [4.78, 5) is 0. The molecule has 2 nitrogen and oxygen atoms in total. The van der Waals surface area contributed by atoms with Crippen molar-refractivity contribution in [3.05, 3.63) is 0 Å². The lowest BCUT2D eigenvalue weighted by molar-refractivity contribution is 0.265. The average molecular weight is 187 g/mol. The molecule has 0 amide bonds. The first kappa shape index (κ1) is 10.2. The molecule has 1 fully saturated rings. The van der Waals surface area contributed by atoms with Crippen LogP contribution in [0.3, 0.4) is 0 Å². The molecule has 1 unspecified atom stereocenters. The van der Waals surface area contributed by atoms with Crippen LogP contribution in [0.5, 0.6) is 0 Å². The zero-order valence-electron chi connectivity index (χ0n) is 8.14. The summed E-state index contributed by atoms with van der Waals surface area (Å²) in [5, 5.41) is 6.22. The highest BCUT2D eigenvalue weighted by Gasteiger charge is 2.31. The Morgan fingerprint density at radius 3 is 2.75 bits per heavy atom. The van der Waals surface area contributed by atoms with Gasteiger partial charge < -0.3 is 9.83 Å². The highest BCUT2D eigenvalue weighted by molar-refractivity contribution is 6.70. The SMILES string of the molecule is CCCCC[Si]1(N)CCCCO1. The average Bonchev–Trinajstić information content (AvgIpc) is 2.06. The van der Waals surface area contributed by atoms with Gasteiger partial charge in [0.15, 0.2) is 0 Å². The molecule has 0 saturated carbocycles. The van der Waals surface area contributed by atoms with Crippen LogP contribution in [-0.2, 0) is 4.43 Å². The summed E-state index contributed by atoms with van der Waals surface area (Å²) in [6, 6.07) is 2.37. The fourth-order valence-corrected chi connectivity index (χ4v) is 4.53. The Labute approximate surface area is 76.7 Å². The lowest BCUT2D eigenvalue weighted by Gasteiger charge is -2.30. The van der Waals surface area contributed by atoms with Crippen molar-refractivity contribution >= 4 is 8.48 Å². The summed E-state index contributed by atoms with van der Waals surface area (Å²) in [5.74, 6) is 0. The summed E-state index contributed by atoms with van der Waals surface area (Å²) in [6.45, 7) is 3.15. The molecule has 0 aromatic heterocycles. The molecule has 0 radical (unpaired) electrons. The topological polar surface area (TPSA) is 35.2 Å². The maximum absolute atomic E-state index is 6.22. The Morgan fingerprint density at radius 1 is 1.33 bits per heavy atom. The second kappa shape index (κ2) is 4.99. The molecule has 12 heavy (non-hydrogen) atoms. The predicted molar refractivity (Wildman–Crippen MR) is 54.3 cm³/mol. The first-order valence-corrected chi connectivity index (χ1v) is 7.60. The quantitative estimate of drug-likeness (QED) is 0.542. The Kier molecular flexibility index (Phi) is 4.25. The molecule has 1 atom stereocenters. The molecule has 1 aliphatic heterocycles. The minimum atomic E-state index is -1.67. The van der Waals surface area contributed by atoms with Crippen molar-refractivity contribution in [2.75, 3.05) is 6.61 Å². The van der Waals surface area contributed by atoms with E-state index in [0.717, 1.165) is 6.61 Å². The van der Waals surface area contributed by atoms with Gasteiger partial charge in [-0.1, -0.05) is 32.6 Å². The monoisotopic (exact) mass is 187 g/mol. The molecular formula is C9H21NOSi. The fraction of sp³-hybridized carbons (Fsp3) is 1.00. The van der Waals surface area contributed by atoms with E-state index in [0.29, 0.717) is 0 Å². The van der Waals surface area contributed by atoms with Gasteiger partial charge >= 0.3 is 0 Å². The van der Waals surface area contributed by atoms with Crippen LogP contribution in [0.15, 0.2) is 0 Å². The number of nitrogens with two attached hydrogens (primary N) is 1. The van der Waals surface area contributed by atoms with Gasteiger partial charge in [0.1, 0.15) is 0 Å². The van der Waals surface area contributed by atoms with Crippen molar-refractivity contribution in [3.63, 3.8) is 0 Å². The smallest absolute Gasteiger partial charge is 0.266 e. The van der Waals surface area contributed by atoms with E-state index >= 15 is 0 Å². The van der Waals surface area contributed by atoms with Crippen LogP contribution in [0.2, 0.25) is 12.1 Å². The van der Waals surface area contributed by atoms with E-state index in [1.807, 2.05) is 0 Å². The molecule has 1 rings (SSSR count). The number of hydrogen-bond donors (Lipinski definition) is 1. The third-order valence-electron chi connectivity index (χ3n) is 2.59. The summed E-state index contributed by atoms with van der Waals surface area (Å²) in [7, 11) is -1.67. The van der Waals surface area contributed by atoms with Gasteiger partial charge in [0, 0.05) is 6.61 Å². The van der Waals surface area contributed by atoms with E-state index in [2.05, 4.69) is 6.92 Å². The third kappa shape index (κ3) is 3.25. The van der Waals surface area contributed by atoms with Crippen LogP contribution in [-0.4, -0.2) is 15.1 Å². The van der Waals surface area contributed by atoms with Crippen LogP contribution in [0, 0.1) is 0 Å². The van der Waals surface area contributed by atoms with Crippen LogP contribution in [0.4, 0.5) is 0 Å². The minimum absolute atomic E-state index is 0.925. The van der Waals surface area contributed by atoms with E-state index < -0.39 is 8.48 Å². The van der Waals surface area contributed by atoms with Crippen LogP contribution >= 0.6 is 0 Å². The van der Waals surface area contributed by atoms with E-state index in [9.17, 15) is 0 Å². The number of hydrogen-bond acceptors (Lipinski definition) is 2. The van der Waals surface area contributed by atoms with Gasteiger partial charge in [-0.05, 0) is 18.5 Å². The summed E-state index contributed by atoms with van der Waals surface area (Å²) < 4.78 is 5.73. The lowest BCUT2D eigenvalue weighted by atomic mass is 10.3. The summed E-state index contributed by atoms with van der Waals surface area (Å²) in [6.07, 6.45) is 6.40. The first-order valence-electron chi connectivity index (χ1n) is 5.20. The minimum Gasteiger partial charge on any atom is -0.403 e. The van der Waals surface area contributed by atoms with Gasteiger partial charge in [0.2, 0.25) is 0 Å². The van der Waals surface area contributed by atoms with E-state index in [-0.39, 0.29) is 0 Å². The molecule has 0 bridgehead atoms. The highest BCUT2D eigenvalue weighted by Crippen LogP contribution is 2.22. The van der Waals surface area contributed by atoms with Crippen LogP contribution in [0.1, 0.15) is 39.0 Å². The Bertz CT molecular complexity index is 124. The number of rotatable bonds is 4. The summed E-state index contributed by atoms with van der Waals surface area (Å²) in [5.41, 5.74) is 0. The molecule has 2 N–H and O–H groups in total. The van der Waals surface area contributed by atoms with Crippen molar-refractivity contribution in [2.45, 2.75) is 51.1 Å². The molecule has 0 aliphatic carbocycles. The van der Waals surface area contributed by atoms with Gasteiger partial charge in [-0.25, -0.2) is 0 Å². The third-order valence-corrected chi connectivity index (χ3v) is 5.77. The van der Waals surface area contributed by atoms with Crippen molar-refractivity contribution in [3.8, 4) is 0 Å². The predicted octanol–water partition coefficient (Wildman–Crippen LogP) is 2.39. The van der Waals surface area contributed by atoms with Gasteiger partial charge in [-0.2, -0.15) is 0 Å². The van der Waals surface area contributed by atoms with Crippen LogP contribution in [0.25, 0.3) is 0 Å². The zero-order valence-corrected chi connectivity index (χ0v) is 9.14. The highest BCUT2D eigenvalue weighted by atomic mass is 28.4. The molecule has 1 saturated heterocycles. The largest absolute Gasteiger partial charge is 0.403 e. The zero-order chi connectivity index (χ0) is 8.86. The second-order valence-corrected chi connectivity index (χ2v) is 7.25. The molecule has 0 aromatic rings. The molecule has 0 spiro atoms. The molecule has 72 valence electrons. The maximum Gasteiger partial charge on any atom is 0.266 e. The summed E-state index contributed by atoms with van der Waals surface area (Å²) >= 11 is 0. The van der Waals surface area contributed by atoms with Gasteiger partial charge in [0.25, 0.3) is 8.48 Å². The normalized spacial score (nSPS) is 30.5. The molecule has 1 heterocycles. The van der Waals surface area contributed by atoms with Gasteiger partial charge in [0.05, 0.1) is 0 Å². The number of unbranched alkanes of at least 4 members (excludes halogenated alkanes) is 2. The van der Waals surface area contributed by atoms with E-state index in [1.54, 1.807) is 0 Å². The Hall–Kier alpha value is 0.137. The molecule has 1 aliphatic rings. The van der Waals surface area contributed by atoms with Crippen molar-refractivity contribution in [1.29, 1.82) is 0 Å². The first-order chi connectivity index (χ1) is 5.77. The lowest BCUT2D eigenvalue weighted by Crippen LogP contribution is -2.50. The Balaban J connectivity index is 2.17.